The van der Waals surface area contributed by atoms with Gasteiger partial charge in [-0.05, 0) is 55.8 Å². The first-order chi connectivity index (χ1) is 14.3. The topological polar surface area (TPSA) is 52.2 Å². The van der Waals surface area contributed by atoms with Crippen LogP contribution in [0, 0.1) is 0 Å². The zero-order chi connectivity index (χ0) is 19.7. The van der Waals surface area contributed by atoms with E-state index in [-0.39, 0.29) is 6.04 Å². The van der Waals surface area contributed by atoms with Gasteiger partial charge in [-0.25, -0.2) is 0 Å². The molecule has 0 saturated carbocycles. The molecule has 1 aliphatic rings. The predicted molar refractivity (Wildman–Crippen MR) is 116 cm³/mol. The number of benzene rings is 2. The molecule has 0 spiro atoms. The number of rotatable bonds is 5. The van der Waals surface area contributed by atoms with Crippen molar-refractivity contribution in [3.8, 4) is 0 Å². The lowest BCUT2D eigenvalue weighted by molar-refractivity contribution is -0.0169. The molecular weight excluding hydrogens is 358 g/mol. The number of nitrogens with one attached hydrogen (secondary N) is 1. The van der Waals surface area contributed by atoms with Crippen LogP contribution in [0.1, 0.15) is 35.7 Å². The molecule has 0 aliphatic carbocycles. The molecule has 0 radical (unpaired) electrons. The highest BCUT2D eigenvalue weighted by molar-refractivity contribution is 5.84. The molecular formula is C25H25N3O. The number of H-pyrrole nitrogens is 1. The Labute approximate surface area is 170 Å². The van der Waals surface area contributed by atoms with Crippen molar-refractivity contribution in [1.82, 2.24) is 14.9 Å². The van der Waals surface area contributed by atoms with E-state index in [2.05, 4.69) is 27.0 Å². The largest absolute Gasteiger partial charge is 0.377 e. The Balaban J connectivity index is 1.80. The van der Waals surface area contributed by atoms with Gasteiger partial charge in [0.05, 0.1) is 11.7 Å². The van der Waals surface area contributed by atoms with Gasteiger partial charge in [0.25, 0.3) is 0 Å². The first-order valence-electron chi connectivity index (χ1n) is 10.3. The highest BCUT2D eigenvalue weighted by atomic mass is 16.3. The number of aromatic amines is 1. The van der Waals surface area contributed by atoms with Gasteiger partial charge in [0, 0.05) is 28.9 Å². The average Bonchev–Trinajstić information content (AvgIpc) is 3.47. The summed E-state index contributed by atoms with van der Waals surface area (Å²) in [5.74, 6) is 0. The van der Waals surface area contributed by atoms with E-state index in [0.717, 1.165) is 48.0 Å². The molecule has 1 fully saturated rings. The Hall–Kier alpha value is -2.95. The van der Waals surface area contributed by atoms with Crippen molar-refractivity contribution in [3.05, 3.63) is 102 Å². The summed E-state index contributed by atoms with van der Waals surface area (Å²) in [7, 11) is 0. The maximum absolute atomic E-state index is 12.6. The summed E-state index contributed by atoms with van der Waals surface area (Å²) in [4.78, 5) is 10.3. The molecule has 2 atom stereocenters. The summed E-state index contributed by atoms with van der Waals surface area (Å²) in [6.07, 6.45) is 6.00. The Morgan fingerprint density at radius 2 is 1.69 bits per heavy atom. The minimum Gasteiger partial charge on any atom is -0.377 e. The van der Waals surface area contributed by atoms with E-state index in [1.54, 1.807) is 6.20 Å². The van der Waals surface area contributed by atoms with E-state index in [0.29, 0.717) is 5.69 Å². The summed E-state index contributed by atoms with van der Waals surface area (Å²) in [6, 6.07) is 24.1. The van der Waals surface area contributed by atoms with Crippen LogP contribution in [-0.4, -0.2) is 33.1 Å². The summed E-state index contributed by atoms with van der Waals surface area (Å²) < 4.78 is 0. The van der Waals surface area contributed by atoms with Crippen LogP contribution >= 0.6 is 0 Å². The van der Waals surface area contributed by atoms with Crippen molar-refractivity contribution >= 4 is 10.9 Å². The highest BCUT2D eigenvalue weighted by Gasteiger charge is 2.46. The van der Waals surface area contributed by atoms with Crippen molar-refractivity contribution < 1.29 is 5.11 Å². The lowest BCUT2D eigenvalue weighted by atomic mass is 9.77. The Bertz CT molecular complexity index is 1090. The quantitative estimate of drug-likeness (QED) is 0.528. The van der Waals surface area contributed by atoms with E-state index in [9.17, 15) is 5.11 Å². The first kappa shape index (κ1) is 18.1. The van der Waals surface area contributed by atoms with Crippen LogP contribution in [0.3, 0.4) is 0 Å². The minimum absolute atomic E-state index is 0.221. The van der Waals surface area contributed by atoms with Gasteiger partial charge in [-0.3, -0.25) is 9.88 Å². The maximum atomic E-state index is 12.6. The number of hydrogen-bond donors (Lipinski definition) is 2. The van der Waals surface area contributed by atoms with Gasteiger partial charge in [-0.1, -0.05) is 48.5 Å². The molecule has 2 N–H and O–H groups in total. The highest BCUT2D eigenvalue weighted by Crippen LogP contribution is 2.46. The third-order valence-corrected chi connectivity index (χ3v) is 6.08. The molecule has 1 aliphatic heterocycles. The van der Waals surface area contributed by atoms with Crippen LogP contribution in [-0.2, 0) is 5.60 Å². The van der Waals surface area contributed by atoms with Crippen molar-refractivity contribution in [1.29, 1.82) is 0 Å². The second kappa shape index (κ2) is 7.47. The van der Waals surface area contributed by atoms with Crippen LogP contribution in [0.25, 0.3) is 10.9 Å². The molecule has 0 bridgehead atoms. The molecule has 3 heterocycles. The molecule has 5 rings (SSSR count). The summed E-state index contributed by atoms with van der Waals surface area (Å²) >= 11 is 0. The van der Waals surface area contributed by atoms with E-state index in [1.165, 1.54) is 0 Å². The number of nitrogens with zero attached hydrogens (tertiary/aromatic N) is 2. The Morgan fingerprint density at radius 3 is 2.45 bits per heavy atom. The second-order valence-electron chi connectivity index (χ2n) is 7.78. The number of likely N-dealkylation sites (tertiary alicyclic amines) is 1. The minimum atomic E-state index is -1.28. The van der Waals surface area contributed by atoms with Gasteiger partial charge in [0.2, 0.25) is 0 Å². The lowest BCUT2D eigenvalue weighted by Crippen LogP contribution is -2.44. The zero-order valence-corrected chi connectivity index (χ0v) is 16.3. The monoisotopic (exact) mass is 383 g/mol. The molecule has 2 aromatic carbocycles. The molecule has 4 aromatic rings. The van der Waals surface area contributed by atoms with Crippen LogP contribution in [0.4, 0.5) is 0 Å². The summed E-state index contributed by atoms with van der Waals surface area (Å²) in [5.41, 5.74) is 2.40. The number of pyridine rings is 1. The van der Waals surface area contributed by atoms with E-state index >= 15 is 0 Å². The van der Waals surface area contributed by atoms with E-state index in [1.807, 2.05) is 66.9 Å². The standard InChI is InChI=1S/C25H25N3O/c29-25(23-13-4-5-15-27-23,21-11-8-12-22-20(21)14-16-26-22)24(28-17-6-7-18-28)19-9-2-1-3-10-19/h1-5,8-16,24,26,29H,6-7,17-18H2. The Kier molecular flexibility index (Phi) is 4.66. The third-order valence-electron chi connectivity index (χ3n) is 6.08. The molecule has 1 saturated heterocycles. The number of hydrogen-bond acceptors (Lipinski definition) is 3. The molecule has 4 nitrogen and oxygen atoms in total. The van der Waals surface area contributed by atoms with Crippen molar-refractivity contribution in [2.75, 3.05) is 13.1 Å². The van der Waals surface area contributed by atoms with Gasteiger partial charge in [-0.15, -0.1) is 0 Å². The van der Waals surface area contributed by atoms with Crippen molar-refractivity contribution in [3.63, 3.8) is 0 Å². The molecule has 0 amide bonds. The average molecular weight is 383 g/mol. The number of aliphatic hydroxyl groups is 1. The van der Waals surface area contributed by atoms with Crippen LogP contribution in [0.2, 0.25) is 0 Å². The van der Waals surface area contributed by atoms with Crippen LogP contribution in [0.5, 0.6) is 0 Å². The van der Waals surface area contributed by atoms with E-state index < -0.39 is 5.60 Å². The van der Waals surface area contributed by atoms with Crippen LogP contribution < -0.4 is 0 Å². The fourth-order valence-corrected chi connectivity index (χ4v) is 4.78. The maximum Gasteiger partial charge on any atom is 0.152 e. The third kappa shape index (κ3) is 3.05. The fraction of sp³-hybridized carbons (Fsp3) is 0.240. The summed E-state index contributed by atoms with van der Waals surface area (Å²) in [5, 5.41) is 13.7. The normalized spacial score (nSPS) is 18.0. The molecule has 29 heavy (non-hydrogen) atoms. The van der Waals surface area contributed by atoms with Crippen molar-refractivity contribution in [2.24, 2.45) is 0 Å². The van der Waals surface area contributed by atoms with Gasteiger partial charge >= 0.3 is 0 Å². The second-order valence-corrected chi connectivity index (χ2v) is 7.78. The van der Waals surface area contributed by atoms with Crippen LogP contribution in [0.15, 0.2) is 85.2 Å². The van der Waals surface area contributed by atoms with Gasteiger partial charge < -0.3 is 10.1 Å². The van der Waals surface area contributed by atoms with Gasteiger partial charge in [0.1, 0.15) is 0 Å². The Morgan fingerprint density at radius 1 is 0.897 bits per heavy atom. The fourth-order valence-electron chi connectivity index (χ4n) is 4.78. The predicted octanol–water partition coefficient (Wildman–Crippen LogP) is 4.64. The number of fused-ring (bicyclic) bond motifs is 1. The van der Waals surface area contributed by atoms with E-state index in [4.69, 9.17) is 0 Å². The molecule has 2 aromatic heterocycles. The first-order valence-corrected chi connectivity index (χ1v) is 10.3. The zero-order valence-electron chi connectivity index (χ0n) is 16.3. The molecule has 2 unspecified atom stereocenters. The van der Waals surface area contributed by atoms with Gasteiger partial charge in [0.15, 0.2) is 5.60 Å². The lowest BCUT2D eigenvalue weighted by Gasteiger charge is -2.42. The SMILES string of the molecule is OC(c1ccccn1)(c1cccc2[nH]ccc12)C(c1ccccc1)N1CCCC1. The molecule has 4 heteroatoms. The smallest absolute Gasteiger partial charge is 0.152 e. The van der Waals surface area contributed by atoms with Crippen molar-refractivity contribution in [2.45, 2.75) is 24.5 Å². The molecule has 146 valence electrons. The summed E-state index contributed by atoms with van der Waals surface area (Å²) in [6.45, 7) is 1.94. The number of aromatic nitrogens is 2. The van der Waals surface area contributed by atoms with Gasteiger partial charge in [-0.2, -0.15) is 0 Å².